The zero-order valence-electron chi connectivity index (χ0n) is 16.2. The molecule has 1 N–H and O–H groups in total. The van der Waals surface area contributed by atoms with Crippen LogP contribution < -0.4 is 10.2 Å². The lowest BCUT2D eigenvalue weighted by Gasteiger charge is -2.49. The number of carbonyl (C=O) groups excluding carboxylic acids is 1. The van der Waals surface area contributed by atoms with E-state index in [2.05, 4.69) is 32.3 Å². The van der Waals surface area contributed by atoms with Gasteiger partial charge < -0.3 is 10.2 Å². The normalized spacial score (nSPS) is 22.0. The van der Waals surface area contributed by atoms with Crippen LogP contribution >= 0.6 is 0 Å². The maximum Gasteiger partial charge on any atom is 0.294 e. The van der Waals surface area contributed by atoms with Crippen LogP contribution in [-0.4, -0.2) is 38.7 Å². The topological polar surface area (TPSA) is 75.9 Å². The maximum atomic E-state index is 12.6. The molecule has 1 aliphatic carbocycles. The van der Waals surface area contributed by atoms with Crippen molar-refractivity contribution in [1.29, 1.82) is 0 Å². The molecule has 2 fully saturated rings. The number of anilines is 2. The van der Waals surface area contributed by atoms with Gasteiger partial charge in [0.05, 0.1) is 0 Å². The van der Waals surface area contributed by atoms with Crippen LogP contribution in [0.3, 0.4) is 0 Å². The van der Waals surface area contributed by atoms with Gasteiger partial charge in [-0.05, 0) is 42.7 Å². The second-order valence-corrected chi connectivity index (χ2v) is 8.09. The molecule has 2 aromatic heterocycles. The Morgan fingerprint density at radius 1 is 1.22 bits per heavy atom. The molecule has 0 radical (unpaired) electrons. The van der Waals surface area contributed by atoms with Crippen LogP contribution in [0.5, 0.6) is 0 Å². The lowest BCUT2D eigenvalue weighted by Crippen LogP contribution is -2.49. The molecule has 1 aliphatic heterocycles. The smallest absolute Gasteiger partial charge is 0.294 e. The summed E-state index contributed by atoms with van der Waals surface area (Å²) in [5, 5.41) is 11.3. The number of carbonyl (C=O) groups is 1. The SMILES string of the molecule is CC1CCN(c2nnc(C(=O)Nc3ccccn3)n2C)CC12CCCCC2. The summed E-state index contributed by atoms with van der Waals surface area (Å²) in [6.45, 7) is 4.39. The number of hydrogen-bond donors (Lipinski definition) is 1. The number of amides is 1. The Morgan fingerprint density at radius 3 is 2.78 bits per heavy atom. The average molecular weight is 368 g/mol. The van der Waals surface area contributed by atoms with Gasteiger partial charge in [0.2, 0.25) is 11.8 Å². The first-order chi connectivity index (χ1) is 13.1. The van der Waals surface area contributed by atoms with E-state index in [1.54, 1.807) is 12.3 Å². The Bertz CT molecular complexity index is 796. The molecule has 3 heterocycles. The molecule has 1 saturated carbocycles. The van der Waals surface area contributed by atoms with Crippen LogP contribution in [0.2, 0.25) is 0 Å². The van der Waals surface area contributed by atoms with E-state index in [9.17, 15) is 4.79 Å². The Balaban J connectivity index is 1.52. The first-order valence-electron chi connectivity index (χ1n) is 9.96. The molecule has 1 atom stereocenters. The third kappa shape index (κ3) is 3.42. The van der Waals surface area contributed by atoms with E-state index in [-0.39, 0.29) is 5.91 Å². The fourth-order valence-corrected chi connectivity index (χ4v) is 4.75. The van der Waals surface area contributed by atoms with Crippen molar-refractivity contribution in [3.63, 3.8) is 0 Å². The highest BCUT2D eigenvalue weighted by atomic mass is 16.2. The number of pyridine rings is 1. The van der Waals surface area contributed by atoms with Gasteiger partial charge in [0.15, 0.2) is 0 Å². The van der Waals surface area contributed by atoms with Crippen LogP contribution in [0.15, 0.2) is 24.4 Å². The highest BCUT2D eigenvalue weighted by Crippen LogP contribution is 2.47. The number of piperidine rings is 1. The number of rotatable bonds is 3. The fourth-order valence-electron chi connectivity index (χ4n) is 4.75. The molecule has 7 nitrogen and oxygen atoms in total. The highest BCUT2D eigenvalue weighted by molar-refractivity contribution is 6.01. The van der Waals surface area contributed by atoms with Gasteiger partial charge in [-0.25, -0.2) is 4.98 Å². The predicted octanol–water partition coefficient (Wildman–Crippen LogP) is 3.26. The Labute approximate surface area is 160 Å². The van der Waals surface area contributed by atoms with Gasteiger partial charge in [0.25, 0.3) is 5.91 Å². The zero-order chi connectivity index (χ0) is 18.9. The van der Waals surface area contributed by atoms with Gasteiger partial charge in [-0.15, -0.1) is 10.2 Å². The van der Waals surface area contributed by atoms with Crippen molar-refractivity contribution in [1.82, 2.24) is 19.7 Å². The number of nitrogens with one attached hydrogen (secondary N) is 1. The molecule has 7 heteroatoms. The first kappa shape index (κ1) is 17.9. The molecule has 1 unspecified atom stereocenters. The number of aromatic nitrogens is 4. The van der Waals surface area contributed by atoms with Crippen molar-refractivity contribution < 1.29 is 4.79 Å². The van der Waals surface area contributed by atoms with E-state index in [0.717, 1.165) is 25.0 Å². The summed E-state index contributed by atoms with van der Waals surface area (Å²) in [5.41, 5.74) is 0.388. The molecule has 4 rings (SSSR count). The molecule has 144 valence electrons. The lowest BCUT2D eigenvalue weighted by molar-refractivity contribution is 0.0876. The molecule has 1 spiro atoms. The first-order valence-corrected chi connectivity index (χ1v) is 9.96. The van der Waals surface area contributed by atoms with Gasteiger partial charge in [-0.3, -0.25) is 9.36 Å². The summed E-state index contributed by atoms with van der Waals surface area (Å²) in [5.74, 6) is 2.08. The van der Waals surface area contributed by atoms with E-state index >= 15 is 0 Å². The fraction of sp³-hybridized carbons (Fsp3) is 0.600. The van der Waals surface area contributed by atoms with Crippen LogP contribution in [0.4, 0.5) is 11.8 Å². The third-order valence-corrected chi connectivity index (χ3v) is 6.48. The lowest BCUT2D eigenvalue weighted by atomic mass is 9.63. The van der Waals surface area contributed by atoms with E-state index in [4.69, 9.17) is 0 Å². The molecule has 0 aromatic carbocycles. The summed E-state index contributed by atoms with van der Waals surface area (Å²) in [6, 6.07) is 5.41. The second-order valence-electron chi connectivity index (χ2n) is 8.09. The third-order valence-electron chi connectivity index (χ3n) is 6.48. The standard InChI is InChI=1S/C20H28N6O/c1-15-9-13-26(14-20(15)10-5-3-6-11-20)19-24-23-17(25(19)2)18(27)22-16-8-4-7-12-21-16/h4,7-8,12,15H,3,5-6,9-11,13-14H2,1-2H3,(H,21,22,27). The summed E-state index contributed by atoms with van der Waals surface area (Å²) >= 11 is 0. The highest BCUT2D eigenvalue weighted by Gasteiger charge is 2.42. The van der Waals surface area contributed by atoms with Gasteiger partial charge in [0, 0.05) is 26.3 Å². The Hall–Kier alpha value is -2.44. The van der Waals surface area contributed by atoms with Gasteiger partial charge >= 0.3 is 0 Å². The minimum absolute atomic E-state index is 0.285. The van der Waals surface area contributed by atoms with Crippen LogP contribution in [0.1, 0.15) is 56.1 Å². The molecule has 1 saturated heterocycles. The predicted molar refractivity (Wildman–Crippen MR) is 105 cm³/mol. The van der Waals surface area contributed by atoms with Crippen molar-refractivity contribution >= 4 is 17.7 Å². The monoisotopic (exact) mass is 368 g/mol. The largest absolute Gasteiger partial charge is 0.340 e. The van der Waals surface area contributed by atoms with Crippen molar-refractivity contribution in [2.75, 3.05) is 23.3 Å². The van der Waals surface area contributed by atoms with E-state index < -0.39 is 0 Å². The molecular formula is C20H28N6O. The van der Waals surface area contributed by atoms with Gasteiger partial charge in [-0.2, -0.15) is 0 Å². The molecule has 2 aromatic rings. The molecular weight excluding hydrogens is 340 g/mol. The number of hydrogen-bond acceptors (Lipinski definition) is 5. The van der Waals surface area contributed by atoms with E-state index in [1.165, 1.54) is 38.5 Å². The Morgan fingerprint density at radius 2 is 2.04 bits per heavy atom. The quantitative estimate of drug-likeness (QED) is 0.900. The zero-order valence-corrected chi connectivity index (χ0v) is 16.2. The maximum absolute atomic E-state index is 12.6. The van der Waals surface area contributed by atoms with Crippen molar-refractivity contribution in [2.45, 2.75) is 45.4 Å². The van der Waals surface area contributed by atoms with Crippen molar-refractivity contribution in [3.8, 4) is 0 Å². The van der Waals surface area contributed by atoms with Gasteiger partial charge in [0.1, 0.15) is 5.82 Å². The molecule has 0 bridgehead atoms. The van der Waals surface area contributed by atoms with Gasteiger partial charge in [-0.1, -0.05) is 32.3 Å². The number of nitrogens with zero attached hydrogens (tertiary/aromatic N) is 5. The summed E-state index contributed by atoms with van der Waals surface area (Å²) in [6.07, 6.45) is 9.43. The second kappa shape index (κ2) is 7.29. The molecule has 2 aliphatic rings. The van der Waals surface area contributed by atoms with Crippen molar-refractivity contribution in [2.24, 2.45) is 18.4 Å². The molecule has 27 heavy (non-hydrogen) atoms. The summed E-state index contributed by atoms with van der Waals surface area (Å²) in [7, 11) is 1.87. The Kier molecular flexibility index (Phi) is 4.85. The van der Waals surface area contributed by atoms with Crippen LogP contribution in [-0.2, 0) is 7.05 Å². The van der Waals surface area contributed by atoms with E-state index in [0.29, 0.717) is 17.1 Å². The minimum Gasteiger partial charge on any atom is -0.340 e. The van der Waals surface area contributed by atoms with Crippen LogP contribution in [0.25, 0.3) is 0 Å². The van der Waals surface area contributed by atoms with Crippen LogP contribution in [0, 0.1) is 11.3 Å². The molecule has 1 amide bonds. The van der Waals surface area contributed by atoms with Crippen molar-refractivity contribution in [3.05, 3.63) is 30.2 Å². The average Bonchev–Trinajstić information content (AvgIpc) is 3.07. The van der Waals surface area contributed by atoms with E-state index in [1.807, 2.05) is 23.7 Å². The minimum atomic E-state index is -0.285. The summed E-state index contributed by atoms with van der Waals surface area (Å²) in [4.78, 5) is 19.1. The summed E-state index contributed by atoms with van der Waals surface area (Å²) < 4.78 is 1.81.